The van der Waals surface area contributed by atoms with Gasteiger partial charge < -0.3 is 14.1 Å². The molecule has 0 aliphatic carbocycles. The number of rotatable bonds is 9. The Kier molecular flexibility index (Phi) is 9.36. The van der Waals surface area contributed by atoms with E-state index in [4.69, 9.17) is 14.1 Å². The highest BCUT2D eigenvalue weighted by Gasteiger charge is 2.23. The molecule has 0 spiro atoms. The molecule has 1 aromatic heterocycles. The summed E-state index contributed by atoms with van der Waals surface area (Å²) >= 11 is 1.51. The van der Waals surface area contributed by atoms with E-state index in [9.17, 15) is 19.2 Å². The van der Waals surface area contributed by atoms with E-state index in [-0.39, 0.29) is 12.2 Å². The predicted octanol–water partition coefficient (Wildman–Crippen LogP) is 6.19. The molecule has 10 heteroatoms. The van der Waals surface area contributed by atoms with Crippen LogP contribution in [0.25, 0.3) is 11.0 Å². The van der Waals surface area contributed by atoms with Gasteiger partial charge in [0.25, 0.3) is 5.91 Å². The molecule has 210 valence electrons. The van der Waals surface area contributed by atoms with Gasteiger partial charge in [0.1, 0.15) is 5.58 Å². The maximum atomic E-state index is 12.9. The van der Waals surface area contributed by atoms with Gasteiger partial charge in [-0.2, -0.15) is 5.06 Å². The first-order valence-corrected chi connectivity index (χ1v) is 13.6. The van der Waals surface area contributed by atoms with Crippen LogP contribution < -0.4 is 0 Å². The first-order valence-electron chi connectivity index (χ1n) is 12.7. The van der Waals surface area contributed by atoms with E-state index in [2.05, 4.69) is 5.16 Å². The highest BCUT2D eigenvalue weighted by molar-refractivity contribution is 7.99. The van der Waals surface area contributed by atoms with Gasteiger partial charge in [0.2, 0.25) is 5.78 Å². The molecule has 1 heterocycles. The summed E-state index contributed by atoms with van der Waals surface area (Å²) < 4.78 is 5.70. The Morgan fingerprint density at radius 1 is 0.854 bits per heavy atom. The van der Waals surface area contributed by atoms with Crippen LogP contribution in [0.4, 0.5) is 0 Å². The first-order chi connectivity index (χ1) is 19.6. The highest BCUT2D eigenvalue weighted by Crippen LogP contribution is 2.29. The van der Waals surface area contributed by atoms with Crippen molar-refractivity contribution in [2.75, 3.05) is 0 Å². The van der Waals surface area contributed by atoms with Crippen LogP contribution in [-0.2, 0) is 24.1 Å². The number of para-hydroxylation sites is 1. The number of hydrogen-bond acceptors (Lipinski definition) is 9. The number of furan rings is 1. The van der Waals surface area contributed by atoms with Gasteiger partial charge in [-0.3, -0.25) is 14.4 Å². The summed E-state index contributed by atoms with van der Waals surface area (Å²) in [6.45, 7) is 5.43. The Balaban J connectivity index is 1.46. The summed E-state index contributed by atoms with van der Waals surface area (Å²) in [5, 5.41) is 5.82. The molecule has 1 amide bonds. The van der Waals surface area contributed by atoms with E-state index >= 15 is 0 Å². The number of carbonyl (C=O) groups is 4. The smallest absolute Gasteiger partial charge is 0.331 e. The fraction of sp³-hybridized carbons (Fsp3) is 0.194. The molecule has 1 unspecified atom stereocenters. The molecule has 0 radical (unpaired) electrons. The average Bonchev–Trinajstić information content (AvgIpc) is 3.38. The van der Waals surface area contributed by atoms with Crippen molar-refractivity contribution in [3.05, 3.63) is 95.7 Å². The van der Waals surface area contributed by atoms with Gasteiger partial charge >= 0.3 is 11.9 Å². The van der Waals surface area contributed by atoms with Crippen molar-refractivity contribution < 1.29 is 33.3 Å². The lowest BCUT2D eigenvalue weighted by atomic mass is 10.0. The predicted molar refractivity (Wildman–Crippen MR) is 153 cm³/mol. The van der Waals surface area contributed by atoms with Crippen LogP contribution in [-0.4, -0.2) is 40.4 Å². The fourth-order valence-electron chi connectivity index (χ4n) is 4.05. The molecule has 41 heavy (non-hydrogen) atoms. The van der Waals surface area contributed by atoms with Crippen molar-refractivity contribution in [1.82, 2.24) is 5.06 Å². The zero-order valence-corrected chi connectivity index (χ0v) is 23.8. The number of benzene rings is 3. The Morgan fingerprint density at radius 3 is 2.02 bits per heavy atom. The normalized spacial score (nSPS) is 12.0. The van der Waals surface area contributed by atoms with Gasteiger partial charge in [-0.1, -0.05) is 47.2 Å². The van der Waals surface area contributed by atoms with Crippen LogP contribution >= 0.6 is 11.8 Å². The third kappa shape index (κ3) is 7.70. The number of amides is 1. The molecular formula is C31H28N2O7S. The maximum Gasteiger partial charge on any atom is 0.331 e. The monoisotopic (exact) mass is 572 g/mol. The van der Waals surface area contributed by atoms with E-state index in [1.165, 1.54) is 32.5 Å². The van der Waals surface area contributed by atoms with E-state index in [1.54, 1.807) is 25.1 Å². The van der Waals surface area contributed by atoms with Gasteiger partial charge in [-0.05, 0) is 61.0 Å². The Morgan fingerprint density at radius 2 is 1.46 bits per heavy atom. The van der Waals surface area contributed by atoms with E-state index < -0.39 is 23.9 Å². The van der Waals surface area contributed by atoms with Crippen LogP contribution in [0.3, 0.4) is 0 Å². The van der Waals surface area contributed by atoms with Crippen molar-refractivity contribution in [2.24, 2.45) is 5.16 Å². The molecule has 1 atom stereocenters. The van der Waals surface area contributed by atoms with Crippen LogP contribution in [0.5, 0.6) is 0 Å². The second kappa shape index (κ2) is 13.1. The molecule has 0 saturated carbocycles. The molecule has 3 aromatic carbocycles. The topological polar surface area (TPSA) is 115 Å². The number of hydroxylamine groups is 2. The van der Waals surface area contributed by atoms with Gasteiger partial charge in [-0.25, -0.2) is 4.79 Å². The van der Waals surface area contributed by atoms with Crippen molar-refractivity contribution >= 4 is 52.1 Å². The molecule has 9 nitrogen and oxygen atoms in total. The minimum Gasteiger partial charge on any atom is -0.453 e. The summed E-state index contributed by atoms with van der Waals surface area (Å²) in [4.78, 5) is 59.5. The zero-order valence-electron chi connectivity index (χ0n) is 23.0. The van der Waals surface area contributed by atoms with Gasteiger partial charge in [0.05, 0.1) is 11.8 Å². The molecule has 0 bridgehead atoms. The van der Waals surface area contributed by atoms with Crippen LogP contribution in [0, 0.1) is 0 Å². The van der Waals surface area contributed by atoms with Crippen LogP contribution in [0.15, 0.2) is 98.2 Å². The highest BCUT2D eigenvalue weighted by atomic mass is 32.2. The minimum absolute atomic E-state index is 0.160. The molecule has 0 N–H and O–H groups in total. The lowest BCUT2D eigenvalue weighted by molar-refractivity contribution is -0.202. The summed E-state index contributed by atoms with van der Waals surface area (Å²) in [7, 11) is 0. The number of nitrogens with zero attached hydrogens (tertiary/aromatic N) is 2. The van der Waals surface area contributed by atoms with Crippen LogP contribution in [0.2, 0.25) is 0 Å². The summed E-state index contributed by atoms with van der Waals surface area (Å²) in [6, 6.07) is 23.3. The fourth-order valence-corrected chi connectivity index (χ4v) is 4.87. The summed E-state index contributed by atoms with van der Waals surface area (Å²) in [5.74, 6) is -1.56. The van der Waals surface area contributed by atoms with E-state index in [1.807, 2.05) is 60.7 Å². The second-order valence-corrected chi connectivity index (χ2v) is 10.4. The Hall–Kier alpha value is -4.70. The number of oxime groups is 1. The largest absolute Gasteiger partial charge is 0.453 e. The Bertz CT molecular complexity index is 1570. The van der Waals surface area contributed by atoms with Gasteiger partial charge in [-0.15, -0.1) is 0 Å². The molecule has 0 saturated heterocycles. The van der Waals surface area contributed by atoms with Crippen molar-refractivity contribution in [1.29, 1.82) is 0 Å². The SMILES string of the molecule is CC(=O)O/N=C(\CC(C)N(OC(C)=O)C(C)=O)c1ccc(Sc2ccc(C(=O)c3cc4ccccc4o3)cc2)cc1. The van der Waals surface area contributed by atoms with E-state index in [0.717, 1.165) is 20.2 Å². The van der Waals surface area contributed by atoms with Gasteiger partial charge in [0, 0.05) is 47.9 Å². The lowest BCUT2D eigenvalue weighted by Gasteiger charge is -2.26. The minimum atomic E-state index is -0.626. The van der Waals surface area contributed by atoms with Crippen molar-refractivity contribution in [3.63, 3.8) is 0 Å². The molecule has 0 aliphatic heterocycles. The average molecular weight is 573 g/mol. The standard InChI is InChI=1S/C31H28N2O7S/c1-19(33(20(2)34)40-22(4)36)17-28(32-39-21(3)35)23-9-13-26(14-10-23)41-27-15-11-24(12-16-27)31(37)30-18-25-7-5-6-8-29(25)38-30/h5-16,18-19H,17H2,1-4H3/b32-28+. The molecular weight excluding hydrogens is 544 g/mol. The summed E-state index contributed by atoms with van der Waals surface area (Å²) in [5.41, 5.74) is 2.26. The zero-order chi connectivity index (χ0) is 29.5. The molecule has 0 aliphatic rings. The summed E-state index contributed by atoms with van der Waals surface area (Å²) in [6.07, 6.45) is 0.160. The van der Waals surface area contributed by atoms with Gasteiger partial charge in [0.15, 0.2) is 5.76 Å². The first kappa shape index (κ1) is 29.3. The lowest BCUT2D eigenvalue weighted by Crippen LogP contribution is -2.39. The molecule has 4 rings (SSSR count). The maximum absolute atomic E-state index is 12.9. The third-order valence-electron chi connectivity index (χ3n) is 5.90. The third-order valence-corrected chi connectivity index (χ3v) is 6.92. The number of fused-ring (bicyclic) bond motifs is 1. The van der Waals surface area contributed by atoms with Crippen LogP contribution in [0.1, 0.15) is 55.8 Å². The quantitative estimate of drug-likeness (QED) is 0.101. The number of hydrogen-bond donors (Lipinski definition) is 0. The van der Waals surface area contributed by atoms with E-state index in [0.29, 0.717) is 28.2 Å². The van der Waals surface area contributed by atoms with Crippen molar-refractivity contribution in [2.45, 2.75) is 49.9 Å². The Labute approximate surface area is 241 Å². The van der Waals surface area contributed by atoms with Crippen molar-refractivity contribution in [3.8, 4) is 0 Å². The second-order valence-electron chi connectivity index (χ2n) is 9.23. The number of ketones is 1. The number of carbonyl (C=O) groups excluding carboxylic acids is 4. The molecule has 4 aromatic rings. The molecule has 0 fully saturated rings.